The molecule has 0 unspecified atom stereocenters. The Bertz CT molecular complexity index is 376. The SMILES string of the molecule is CC(=O)c1ccc(C=CCC(=O)O)s1. The molecular formula is C10H10O3S. The van der Waals surface area contributed by atoms with Gasteiger partial charge in [0.1, 0.15) is 0 Å². The van der Waals surface area contributed by atoms with Gasteiger partial charge in [0, 0.05) is 4.88 Å². The molecule has 14 heavy (non-hydrogen) atoms. The fourth-order valence-corrected chi connectivity index (χ4v) is 1.74. The maximum absolute atomic E-state index is 10.9. The molecule has 0 aromatic carbocycles. The summed E-state index contributed by atoms with van der Waals surface area (Å²) in [6, 6.07) is 3.55. The molecule has 4 heteroatoms. The summed E-state index contributed by atoms with van der Waals surface area (Å²) >= 11 is 1.36. The number of aliphatic carboxylic acids is 1. The van der Waals surface area contributed by atoms with Gasteiger partial charge in [-0.3, -0.25) is 9.59 Å². The Hall–Kier alpha value is -1.42. The molecule has 0 aliphatic heterocycles. The van der Waals surface area contributed by atoms with Crippen LogP contribution in [-0.4, -0.2) is 16.9 Å². The molecule has 0 spiro atoms. The molecule has 0 atom stereocenters. The maximum Gasteiger partial charge on any atom is 0.307 e. The normalized spacial score (nSPS) is 10.6. The summed E-state index contributed by atoms with van der Waals surface area (Å²) in [7, 11) is 0. The Kier molecular flexibility index (Phi) is 3.59. The first kappa shape index (κ1) is 10.7. The largest absolute Gasteiger partial charge is 0.481 e. The smallest absolute Gasteiger partial charge is 0.307 e. The quantitative estimate of drug-likeness (QED) is 0.776. The third-order valence-electron chi connectivity index (χ3n) is 1.55. The zero-order valence-corrected chi connectivity index (χ0v) is 8.50. The average molecular weight is 210 g/mol. The second-order valence-corrected chi connectivity index (χ2v) is 3.87. The van der Waals surface area contributed by atoms with Crippen LogP contribution in [0.4, 0.5) is 0 Å². The minimum atomic E-state index is -0.857. The van der Waals surface area contributed by atoms with E-state index in [1.807, 2.05) is 0 Å². The fourth-order valence-electron chi connectivity index (χ4n) is 0.908. The van der Waals surface area contributed by atoms with Crippen LogP contribution in [0.15, 0.2) is 18.2 Å². The van der Waals surface area contributed by atoms with Gasteiger partial charge < -0.3 is 5.11 Å². The summed E-state index contributed by atoms with van der Waals surface area (Å²) in [6.45, 7) is 1.51. The first-order valence-corrected chi connectivity index (χ1v) is 4.90. The van der Waals surface area contributed by atoms with E-state index in [9.17, 15) is 9.59 Å². The van der Waals surface area contributed by atoms with E-state index in [1.165, 1.54) is 18.3 Å². The standard InChI is InChI=1S/C10H10O3S/c1-7(11)9-6-5-8(14-9)3-2-4-10(12)13/h2-3,5-6H,4H2,1H3,(H,12,13). The molecule has 0 saturated heterocycles. The molecule has 0 aliphatic carbocycles. The Morgan fingerprint density at radius 1 is 1.50 bits per heavy atom. The van der Waals surface area contributed by atoms with Gasteiger partial charge in [-0.1, -0.05) is 6.08 Å². The van der Waals surface area contributed by atoms with Crippen molar-refractivity contribution >= 4 is 29.2 Å². The van der Waals surface area contributed by atoms with Crippen molar-refractivity contribution in [3.05, 3.63) is 28.0 Å². The van der Waals surface area contributed by atoms with Crippen molar-refractivity contribution in [3.63, 3.8) is 0 Å². The molecule has 1 N–H and O–H groups in total. The van der Waals surface area contributed by atoms with Crippen LogP contribution in [0.25, 0.3) is 6.08 Å². The molecule has 0 aliphatic rings. The fraction of sp³-hybridized carbons (Fsp3) is 0.200. The average Bonchev–Trinajstić information content (AvgIpc) is 2.52. The lowest BCUT2D eigenvalue weighted by atomic mass is 10.3. The van der Waals surface area contributed by atoms with E-state index in [0.717, 1.165) is 4.88 Å². The van der Waals surface area contributed by atoms with E-state index in [2.05, 4.69) is 0 Å². The molecule has 74 valence electrons. The van der Waals surface area contributed by atoms with Gasteiger partial charge in [0.15, 0.2) is 5.78 Å². The predicted octanol–water partition coefficient (Wildman–Crippen LogP) is 2.44. The third-order valence-corrected chi connectivity index (χ3v) is 2.70. The predicted molar refractivity (Wildman–Crippen MR) is 55.6 cm³/mol. The summed E-state index contributed by atoms with van der Waals surface area (Å²) in [5.41, 5.74) is 0. The topological polar surface area (TPSA) is 54.4 Å². The second kappa shape index (κ2) is 4.72. The van der Waals surface area contributed by atoms with E-state index in [1.54, 1.807) is 24.3 Å². The number of carbonyl (C=O) groups excluding carboxylic acids is 1. The number of rotatable bonds is 4. The van der Waals surface area contributed by atoms with Crippen LogP contribution >= 0.6 is 11.3 Å². The first-order chi connectivity index (χ1) is 6.59. The summed E-state index contributed by atoms with van der Waals surface area (Å²) < 4.78 is 0. The highest BCUT2D eigenvalue weighted by molar-refractivity contribution is 7.14. The van der Waals surface area contributed by atoms with Gasteiger partial charge in [0.2, 0.25) is 0 Å². The third kappa shape index (κ3) is 3.14. The van der Waals surface area contributed by atoms with Gasteiger partial charge in [-0.25, -0.2) is 0 Å². The van der Waals surface area contributed by atoms with Crippen LogP contribution in [-0.2, 0) is 4.79 Å². The Labute approximate surface area is 85.7 Å². The lowest BCUT2D eigenvalue weighted by Gasteiger charge is -1.85. The second-order valence-electron chi connectivity index (χ2n) is 2.76. The van der Waals surface area contributed by atoms with E-state index in [-0.39, 0.29) is 12.2 Å². The molecule has 1 heterocycles. The van der Waals surface area contributed by atoms with Crippen molar-refractivity contribution in [1.29, 1.82) is 0 Å². The highest BCUT2D eigenvalue weighted by Gasteiger charge is 2.01. The Morgan fingerprint density at radius 2 is 2.21 bits per heavy atom. The van der Waals surface area contributed by atoms with Gasteiger partial charge in [-0.05, 0) is 25.1 Å². The number of hydrogen-bond acceptors (Lipinski definition) is 3. The van der Waals surface area contributed by atoms with Crippen LogP contribution in [0.5, 0.6) is 0 Å². The van der Waals surface area contributed by atoms with E-state index < -0.39 is 5.97 Å². The molecule has 0 bridgehead atoms. The first-order valence-electron chi connectivity index (χ1n) is 4.08. The number of thiophene rings is 1. The Balaban J connectivity index is 2.64. The van der Waals surface area contributed by atoms with E-state index in [4.69, 9.17) is 5.11 Å². The zero-order valence-electron chi connectivity index (χ0n) is 7.69. The highest BCUT2D eigenvalue weighted by Crippen LogP contribution is 2.18. The van der Waals surface area contributed by atoms with Crippen molar-refractivity contribution in [1.82, 2.24) is 0 Å². The zero-order chi connectivity index (χ0) is 10.6. The number of Topliss-reactive ketones (excluding diaryl/α,β-unsaturated/α-hetero) is 1. The molecule has 1 aromatic rings. The van der Waals surface area contributed by atoms with Crippen LogP contribution in [0.1, 0.15) is 27.9 Å². The van der Waals surface area contributed by atoms with Gasteiger partial charge in [-0.2, -0.15) is 0 Å². The number of hydrogen-bond donors (Lipinski definition) is 1. The van der Waals surface area contributed by atoms with Crippen LogP contribution in [0.2, 0.25) is 0 Å². The number of carboxylic acids is 1. The summed E-state index contributed by atoms with van der Waals surface area (Å²) in [4.78, 5) is 22.7. The van der Waals surface area contributed by atoms with Gasteiger partial charge in [0.25, 0.3) is 0 Å². The lowest BCUT2D eigenvalue weighted by Crippen LogP contribution is -1.89. The van der Waals surface area contributed by atoms with Crippen LogP contribution in [0, 0.1) is 0 Å². The van der Waals surface area contributed by atoms with E-state index >= 15 is 0 Å². The molecule has 0 saturated carbocycles. The highest BCUT2D eigenvalue weighted by atomic mass is 32.1. The molecule has 3 nitrogen and oxygen atoms in total. The molecule has 0 radical (unpaired) electrons. The van der Waals surface area contributed by atoms with Gasteiger partial charge in [0.05, 0.1) is 11.3 Å². The molecule has 1 aromatic heterocycles. The molecular weight excluding hydrogens is 200 g/mol. The van der Waals surface area contributed by atoms with Gasteiger partial charge in [-0.15, -0.1) is 11.3 Å². The van der Waals surface area contributed by atoms with Crippen LogP contribution < -0.4 is 0 Å². The molecule has 0 fully saturated rings. The summed E-state index contributed by atoms with van der Waals surface area (Å²) in [5.74, 6) is -0.822. The van der Waals surface area contributed by atoms with Crippen molar-refractivity contribution in [2.75, 3.05) is 0 Å². The molecule has 0 amide bonds. The molecule has 1 rings (SSSR count). The van der Waals surface area contributed by atoms with Crippen molar-refractivity contribution in [2.24, 2.45) is 0 Å². The number of carboxylic acid groups (broad SMARTS) is 1. The van der Waals surface area contributed by atoms with E-state index in [0.29, 0.717) is 4.88 Å². The van der Waals surface area contributed by atoms with Crippen molar-refractivity contribution in [2.45, 2.75) is 13.3 Å². The van der Waals surface area contributed by atoms with Gasteiger partial charge >= 0.3 is 5.97 Å². The summed E-state index contributed by atoms with van der Waals surface area (Å²) in [5, 5.41) is 8.38. The van der Waals surface area contributed by atoms with Crippen LogP contribution in [0.3, 0.4) is 0 Å². The minimum Gasteiger partial charge on any atom is -0.481 e. The minimum absolute atomic E-state index is 0.00725. The van der Waals surface area contributed by atoms with Crippen molar-refractivity contribution in [3.8, 4) is 0 Å². The number of ketones is 1. The monoisotopic (exact) mass is 210 g/mol. The number of carbonyl (C=O) groups is 2. The summed E-state index contributed by atoms with van der Waals surface area (Å²) in [6.07, 6.45) is 3.29. The lowest BCUT2D eigenvalue weighted by molar-refractivity contribution is -0.135. The maximum atomic E-state index is 10.9. The van der Waals surface area contributed by atoms with Crippen molar-refractivity contribution < 1.29 is 14.7 Å². The Morgan fingerprint density at radius 3 is 2.71 bits per heavy atom.